The van der Waals surface area contributed by atoms with Gasteiger partial charge in [-0.3, -0.25) is 14.5 Å². The standard InChI is InChI=1S/C13H18BrN3O3/c1-3-17(9(2)6-13(19)20)8-12(18)16-11-5-4-10(14)7-15-11/h4-5,7,9H,3,6,8H2,1-2H3,(H,19,20)(H,15,16,18). The summed E-state index contributed by atoms with van der Waals surface area (Å²) in [5.74, 6) is -0.606. The number of pyridine rings is 1. The average molecular weight is 344 g/mol. The molecule has 0 bridgehead atoms. The van der Waals surface area contributed by atoms with Crippen molar-refractivity contribution in [2.45, 2.75) is 26.3 Å². The van der Waals surface area contributed by atoms with E-state index < -0.39 is 5.97 Å². The molecule has 0 saturated heterocycles. The lowest BCUT2D eigenvalue weighted by atomic mass is 10.2. The van der Waals surface area contributed by atoms with E-state index in [4.69, 9.17) is 5.11 Å². The molecule has 1 rings (SSSR count). The van der Waals surface area contributed by atoms with Crippen molar-refractivity contribution in [2.75, 3.05) is 18.4 Å². The van der Waals surface area contributed by atoms with E-state index in [0.29, 0.717) is 12.4 Å². The van der Waals surface area contributed by atoms with Crippen LogP contribution in [0.2, 0.25) is 0 Å². The highest BCUT2D eigenvalue weighted by Crippen LogP contribution is 2.11. The molecule has 0 spiro atoms. The molecular formula is C13H18BrN3O3. The Morgan fingerprint density at radius 2 is 2.20 bits per heavy atom. The molecular weight excluding hydrogens is 326 g/mol. The van der Waals surface area contributed by atoms with Gasteiger partial charge in [0.1, 0.15) is 5.82 Å². The van der Waals surface area contributed by atoms with Crippen LogP contribution in [0, 0.1) is 0 Å². The Labute approximate surface area is 126 Å². The predicted octanol–water partition coefficient (Wildman–Crippen LogP) is 1.97. The van der Waals surface area contributed by atoms with E-state index in [-0.39, 0.29) is 24.9 Å². The first kappa shape index (κ1) is 16.6. The normalized spacial score (nSPS) is 12.2. The molecule has 0 aliphatic heterocycles. The summed E-state index contributed by atoms with van der Waals surface area (Å²) in [4.78, 5) is 28.5. The number of carboxylic acids is 1. The molecule has 0 fully saturated rings. The van der Waals surface area contributed by atoms with E-state index in [0.717, 1.165) is 4.47 Å². The lowest BCUT2D eigenvalue weighted by Gasteiger charge is -2.25. The van der Waals surface area contributed by atoms with Crippen molar-refractivity contribution < 1.29 is 14.7 Å². The minimum atomic E-state index is -0.870. The molecule has 110 valence electrons. The lowest BCUT2D eigenvalue weighted by Crippen LogP contribution is -2.40. The molecule has 6 nitrogen and oxygen atoms in total. The van der Waals surface area contributed by atoms with Gasteiger partial charge >= 0.3 is 5.97 Å². The van der Waals surface area contributed by atoms with Crippen LogP contribution in [0.15, 0.2) is 22.8 Å². The molecule has 0 saturated carbocycles. The number of aromatic nitrogens is 1. The molecule has 0 aliphatic carbocycles. The Morgan fingerprint density at radius 3 is 2.70 bits per heavy atom. The van der Waals surface area contributed by atoms with Gasteiger partial charge in [0.15, 0.2) is 0 Å². The summed E-state index contributed by atoms with van der Waals surface area (Å²) in [7, 11) is 0. The largest absolute Gasteiger partial charge is 0.481 e. The van der Waals surface area contributed by atoms with Crippen molar-refractivity contribution in [3.63, 3.8) is 0 Å². The molecule has 0 aromatic carbocycles. The van der Waals surface area contributed by atoms with E-state index in [2.05, 4.69) is 26.2 Å². The molecule has 0 aliphatic rings. The van der Waals surface area contributed by atoms with Gasteiger partial charge in [-0.2, -0.15) is 0 Å². The summed E-state index contributed by atoms with van der Waals surface area (Å²) in [6.45, 7) is 4.44. The van der Waals surface area contributed by atoms with Crippen molar-refractivity contribution in [2.24, 2.45) is 0 Å². The van der Waals surface area contributed by atoms with Crippen LogP contribution in [0.25, 0.3) is 0 Å². The maximum absolute atomic E-state index is 11.9. The van der Waals surface area contributed by atoms with Gasteiger partial charge in [-0.25, -0.2) is 4.98 Å². The number of nitrogens with zero attached hydrogens (tertiary/aromatic N) is 2. The van der Waals surface area contributed by atoms with Crippen molar-refractivity contribution in [3.05, 3.63) is 22.8 Å². The maximum atomic E-state index is 11.9. The second kappa shape index (κ2) is 7.96. The molecule has 2 N–H and O–H groups in total. The van der Waals surface area contributed by atoms with Crippen LogP contribution >= 0.6 is 15.9 Å². The fourth-order valence-electron chi connectivity index (χ4n) is 1.78. The number of likely N-dealkylation sites (N-methyl/N-ethyl adjacent to an activating group) is 1. The summed E-state index contributed by atoms with van der Waals surface area (Å²) in [5, 5.41) is 11.5. The number of aliphatic carboxylic acids is 1. The number of anilines is 1. The molecule has 20 heavy (non-hydrogen) atoms. The Bertz CT molecular complexity index is 464. The zero-order valence-electron chi connectivity index (χ0n) is 11.5. The number of rotatable bonds is 7. The summed E-state index contributed by atoms with van der Waals surface area (Å²) in [6, 6.07) is 3.28. The number of carboxylic acid groups (broad SMARTS) is 1. The Hall–Kier alpha value is -1.47. The third-order valence-corrected chi connectivity index (χ3v) is 3.31. The van der Waals surface area contributed by atoms with Crippen molar-refractivity contribution in [3.8, 4) is 0 Å². The molecule has 1 unspecified atom stereocenters. The molecule has 1 aromatic rings. The minimum absolute atomic E-state index is 0.0116. The minimum Gasteiger partial charge on any atom is -0.481 e. The van der Waals surface area contributed by atoms with Gasteiger partial charge in [0.25, 0.3) is 0 Å². The highest BCUT2D eigenvalue weighted by molar-refractivity contribution is 9.10. The molecule has 0 radical (unpaired) electrons. The second-order valence-electron chi connectivity index (χ2n) is 4.42. The average Bonchev–Trinajstić information content (AvgIpc) is 2.37. The summed E-state index contributed by atoms with van der Waals surface area (Å²) in [5.41, 5.74) is 0. The monoisotopic (exact) mass is 343 g/mol. The van der Waals surface area contributed by atoms with Gasteiger partial charge < -0.3 is 10.4 Å². The number of amides is 1. The van der Waals surface area contributed by atoms with Gasteiger partial charge in [-0.15, -0.1) is 0 Å². The number of halogens is 1. The quantitative estimate of drug-likeness (QED) is 0.790. The molecule has 1 atom stereocenters. The van der Waals surface area contributed by atoms with Gasteiger partial charge in [0.2, 0.25) is 5.91 Å². The molecule has 1 amide bonds. The fraction of sp³-hybridized carbons (Fsp3) is 0.462. The van der Waals surface area contributed by atoms with E-state index in [1.807, 2.05) is 11.8 Å². The zero-order valence-corrected chi connectivity index (χ0v) is 13.1. The van der Waals surface area contributed by atoms with Crippen LogP contribution in [0.1, 0.15) is 20.3 Å². The van der Waals surface area contributed by atoms with E-state index in [1.165, 1.54) is 0 Å². The van der Waals surface area contributed by atoms with Crippen LogP contribution in [0.5, 0.6) is 0 Å². The Morgan fingerprint density at radius 1 is 1.50 bits per heavy atom. The smallest absolute Gasteiger partial charge is 0.304 e. The molecule has 1 heterocycles. The van der Waals surface area contributed by atoms with Crippen molar-refractivity contribution in [1.29, 1.82) is 0 Å². The number of hydrogen-bond donors (Lipinski definition) is 2. The van der Waals surface area contributed by atoms with E-state index in [1.54, 1.807) is 25.3 Å². The third kappa shape index (κ3) is 5.66. The van der Waals surface area contributed by atoms with Gasteiger partial charge in [0.05, 0.1) is 13.0 Å². The topological polar surface area (TPSA) is 82.5 Å². The number of carbonyl (C=O) groups is 2. The fourth-order valence-corrected chi connectivity index (χ4v) is 2.01. The Kier molecular flexibility index (Phi) is 6.60. The second-order valence-corrected chi connectivity index (χ2v) is 5.34. The summed E-state index contributed by atoms with van der Waals surface area (Å²) < 4.78 is 0.834. The molecule has 1 aromatic heterocycles. The van der Waals surface area contributed by atoms with Gasteiger partial charge in [-0.05, 0) is 41.5 Å². The van der Waals surface area contributed by atoms with Crippen LogP contribution < -0.4 is 5.32 Å². The van der Waals surface area contributed by atoms with Crippen LogP contribution in [0.3, 0.4) is 0 Å². The lowest BCUT2D eigenvalue weighted by molar-refractivity contribution is -0.138. The van der Waals surface area contributed by atoms with Crippen LogP contribution in [0.4, 0.5) is 5.82 Å². The summed E-state index contributed by atoms with van der Waals surface area (Å²) in [6.07, 6.45) is 1.61. The van der Waals surface area contributed by atoms with Gasteiger partial charge in [-0.1, -0.05) is 6.92 Å². The first-order valence-corrected chi connectivity index (χ1v) is 7.09. The van der Waals surface area contributed by atoms with Crippen LogP contribution in [-0.4, -0.2) is 46.0 Å². The number of carbonyl (C=O) groups excluding carboxylic acids is 1. The highest BCUT2D eigenvalue weighted by atomic mass is 79.9. The highest BCUT2D eigenvalue weighted by Gasteiger charge is 2.18. The van der Waals surface area contributed by atoms with Gasteiger partial charge in [0, 0.05) is 16.7 Å². The van der Waals surface area contributed by atoms with E-state index in [9.17, 15) is 9.59 Å². The first-order valence-electron chi connectivity index (χ1n) is 6.29. The number of hydrogen-bond acceptors (Lipinski definition) is 4. The van der Waals surface area contributed by atoms with Crippen molar-refractivity contribution in [1.82, 2.24) is 9.88 Å². The Balaban J connectivity index is 2.54. The molecule has 7 heteroatoms. The maximum Gasteiger partial charge on any atom is 0.304 e. The number of nitrogens with one attached hydrogen (secondary N) is 1. The van der Waals surface area contributed by atoms with Crippen molar-refractivity contribution >= 4 is 33.6 Å². The van der Waals surface area contributed by atoms with Crippen LogP contribution in [-0.2, 0) is 9.59 Å². The zero-order chi connectivity index (χ0) is 15.1. The summed E-state index contributed by atoms with van der Waals surface area (Å²) >= 11 is 3.27. The third-order valence-electron chi connectivity index (χ3n) is 2.84. The van der Waals surface area contributed by atoms with E-state index >= 15 is 0 Å². The predicted molar refractivity (Wildman–Crippen MR) is 79.5 cm³/mol. The first-order chi connectivity index (χ1) is 9.42. The SMILES string of the molecule is CCN(CC(=O)Nc1ccc(Br)cn1)C(C)CC(=O)O.